The number of carbonyl (C=O) groups excluding carboxylic acids is 2. The number of rotatable bonds is 9. The highest BCUT2D eigenvalue weighted by Crippen LogP contribution is 2.11. The molecule has 0 aliphatic carbocycles. The van der Waals surface area contributed by atoms with E-state index in [0.29, 0.717) is 19.6 Å². The molecular weight excluding hydrogens is 396 g/mol. The average Bonchev–Trinajstić information content (AvgIpc) is 3.26. The number of hydrogen-bond acceptors (Lipinski definition) is 5. The Hall–Kier alpha value is -2.22. The van der Waals surface area contributed by atoms with E-state index in [1.54, 1.807) is 11.3 Å². The van der Waals surface area contributed by atoms with E-state index < -0.39 is 0 Å². The summed E-state index contributed by atoms with van der Waals surface area (Å²) in [6, 6.07) is 12.6. The maximum absolute atomic E-state index is 12.7. The number of aryl methyl sites for hydroxylation is 1. The molecule has 1 aromatic carbocycles. The number of likely N-dealkylation sites (N-methyl/N-ethyl adjacent to an activating group) is 1. The predicted molar refractivity (Wildman–Crippen MR) is 121 cm³/mol. The molecule has 2 amide bonds. The Morgan fingerprint density at radius 2 is 1.90 bits per heavy atom. The predicted octanol–water partition coefficient (Wildman–Crippen LogP) is 2.34. The van der Waals surface area contributed by atoms with Crippen molar-refractivity contribution in [3.63, 3.8) is 0 Å². The molecule has 1 fully saturated rings. The fourth-order valence-corrected chi connectivity index (χ4v) is 4.30. The molecule has 0 atom stereocenters. The zero-order valence-electron chi connectivity index (χ0n) is 18.0. The van der Waals surface area contributed by atoms with Gasteiger partial charge in [0.25, 0.3) is 0 Å². The van der Waals surface area contributed by atoms with Crippen LogP contribution in [-0.2, 0) is 22.7 Å². The second-order valence-corrected chi connectivity index (χ2v) is 8.84. The Balaban J connectivity index is 1.39. The Bertz CT molecular complexity index is 816. The molecule has 1 N–H and O–H groups in total. The molecule has 0 saturated carbocycles. The molecule has 7 heteroatoms. The monoisotopic (exact) mass is 428 g/mol. The smallest absolute Gasteiger partial charge is 0.236 e. The summed E-state index contributed by atoms with van der Waals surface area (Å²) in [5, 5.41) is 4.93. The maximum Gasteiger partial charge on any atom is 0.236 e. The molecule has 0 spiro atoms. The van der Waals surface area contributed by atoms with Gasteiger partial charge in [0.1, 0.15) is 0 Å². The maximum atomic E-state index is 12.7. The standard InChI is InChI=1S/C23H32N4O2S/c1-3-25(17-22(28)24-15-21-8-5-13-30-21)18-23(29)27-11-9-26(10-12-27)16-20-7-4-6-19(2)14-20/h4-8,13-14H,3,9-12,15-18H2,1-2H3,(H,24,28). The third-order valence-electron chi connectivity index (χ3n) is 5.43. The number of benzene rings is 1. The molecule has 0 bridgehead atoms. The van der Waals surface area contributed by atoms with Gasteiger partial charge >= 0.3 is 0 Å². The van der Waals surface area contributed by atoms with E-state index >= 15 is 0 Å². The lowest BCUT2D eigenvalue weighted by molar-refractivity contribution is -0.134. The van der Waals surface area contributed by atoms with Crippen molar-refractivity contribution >= 4 is 23.2 Å². The molecule has 0 radical (unpaired) electrons. The van der Waals surface area contributed by atoms with Gasteiger partial charge in [-0.25, -0.2) is 0 Å². The lowest BCUT2D eigenvalue weighted by Crippen LogP contribution is -2.51. The zero-order valence-corrected chi connectivity index (χ0v) is 18.8. The van der Waals surface area contributed by atoms with E-state index in [0.717, 1.165) is 37.6 Å². The van der Waals surface area contributed by atoms with Gasteiger partial charge in [0.2, 0.25) is 11.8 Å². The van der Waals surface area contributed by atoms with E-state index in [1.807, 2.05) is 34.2 Å². The summed E-state index contributed by atoms with van der Waals surface area (Å²) in [5.74, 6) is 0.0686. The van der Waals surface area contributed by atoms with Crippen molar-refractivity contribution in [2.24, 2.45) is 0 Å². The van der Waals surface area contributed by atoms with Crippen LogP contribution in [0.5, 0.6) is 0 Å². The van der Waals surface area contributed by atoms with Crippen LogP contribution in [0, 0.1) is 6.92 Å². The van der Waals surface area contributed by atoms with Gasteiger partial charge in [-0.3, -0.25) is 19.4 Å². The minimum absolute atomic E-state index is 0.0407. The van der Waals surface area contributed by atoms with Crippen LogP contribution in [0.25, 0.3) is 0 Å². The lowest BCUT2D eigenvalue weighted by Gasteiger charge is -2.35. The molecule has 1 aliphatic heterocycles. The van der Waals surface area contributed by atoms with Crippen molar-refractivity contribution < 1.29 is 9.59 Å². The Labute approximate surface area is 183 Å². The Kier molecular flexibility index (Phi) is 8.42. The molecule has 6 nitrogen and oxygen atoms in total. The topological polar surface area (TPSA) is 55.9 Å². The van der Waals surface area contributed by atoms with Gasteiger partial charge in [-0.1, -0.05) is 42.8 Å². The summed E-state index contributed by atoms with van der Waals surface area (Å²) in [5.41, 5.74) is 2.60. The molecule has 2 heterocycles. The second kappa shape index (κ2) is 11.2. The van der Waals surface area contributed by atoms with Crippen molar-refractivity contribution in [3.05, 3.63) is 57.8 Å². The number of hydrogen-bond donors (Lipinski definition) is 1. The van der Waals surface area contributed by atoms with E-state index in [1.165, 1.54) is 11.1 Å². The number of carbonyl (C=O) groups is 2. The highest BCUT2D eigenvalue weighted by atomic mass is 32.1. The van der Waals surface area contributed by atoms with Gasteiger partial charge in [-0.2, -0.15) is 0 Å². The molecule has 2 aromatic rings. The highest BCUT2D eigenvalue weighted by molar-refractivity contribution is 7.09. The van der Waals surface area contributed by atoms with Crippen LogP contribution in [0.2, 0.25) is 0 Å². The molecule has 3 rings (SSSR count). The summed E-state index contributed by atoms with van der Waals surface area (Å²) >= 11 is 1.63. The fraction of sp³-hybridized carbons (Fsp3) is 0.478. The van der Waals surface area contributed by atoms with Crippen LogP contribution < -0.4 is 5.32 Å². The van der Waals surface area contributed by atoms with Gasteiger partial charge in [-0.05, 0) is 30.5 Å². The molecule has 30 heavy (non-hydrogen) atoms. The first-order chi connectivity index (χ1) is 14.5. The molecule has 1 aliphatic rings. The molecule has 0 unspecified atom stereocenters. The zero-order chi connectivity index (χ0) is 21.3. The van der Waals surface area contributed by atoms with Crippen LogP contribution in [0.3, 0.4) is 0 Å². The first kappa shape index (κ1) is 22.5. The number of nitrogens with one attached hydrogen (secondary N) is 1. The van der Waals surface area contributed by atoms with Crippen LogP contribution in [-0.4, -0.2) is 72.3 Å². The van der Waals surface area contributed by atoms with E-state index in [-0.39, 0.29) is 18.4 Å². The summed E-state index contributed by atoms with van der Waals surface area (Å²) in [6.45, 7) is 10.0. The lowest BCUT2D eigenvalue weighted by atomic mass is 10.1. The summed E-state index contributed by atoms with van der Waals surface area (Å²) in [6.07, 6.45) is 0. The van der Waals surface area contributed by atoms with Crippen LogP contribution >= 0.6 is 11.3 Å². The van der Waals surface area contributed by atoms with Gasteiger partial charge in [0.15, 0.2) is 0 Å². The first-order valence-electron chi connectivity index (χ1n) is 10.6. The molecule has 1 aromatic heterocycles. The van der Waals surface area contributed by atoms with Crippen LogP contribution in [0.15, 0.2) is 41.8 Å². The van der Waals surface area contributed by atoms with E-state index in [4.69, 9.17) is 0 Å². The van der Waals surface area contributed by atoms with Crippen molar-refractivity contribution in [3.8, 4) is 0 Å². The van der Waals surface area contributed by atoms with Crippen molar-refractivity contribution in [1.82, 2.24) is 20.0 Å². The minimum Gasteiger partial charge on any atom is -0.350 e. The number of thiophene rings is 1. The molecule has 1 saturated heterocycles. The first-order valence-corrected chi connectivity index (χ1v) is 11.5. The second-order valence-electron chi connectivity index (χ2n) is 7.81. The number of amides is 2. The normalized spacial score (nSPS) is 14.8. The van der Waals surface area contributed by atoms with Crippen LogP contribution in [0.1, 0.15) is 22.9 Å². The largest absolute Gasteiger partial charge is 0.350 e. The van der Waals surface area contributed by atoms with Gasteiger partial charge in [-0.15, -0.1) is 11.3 Å². The minimum atomic E-state index is -0.0407. The van der Waals surface area contributed by atoms with E-state index in [2.05, 4.69) is 41.4 Å². The summed E-state index contributed by atoms with van der Waals surface area (Å²) in [7, 11) is 0. The quantitative estimate of drug-likeness (QED) is 0.666. The van der Waals surface area contributed by atoms with Gasteiger partial charge in [0, 0.05) is 37.6 Å². The SMILES string of the molecule is CCN(CC(=O)NCc1cccs1)CC(=O)N1CCN(Cc2cccc(C)c2)CC1. The van der Waals surface area contributed by atoms with Gasteiger partial charge < -0.3 is 10.2 Å². The van der Waals surface area contributed by atoms with Crippen molar-refractivity contribution in [2.45, 2.75) is 26.9 Å². The Morgan fingerprint density at radius 3 is 2.57 bits per heavy atom. The fourth-order valence-electron chi connectivity index (χ4n) is 3.65. The average molecular weight is 429 g/mol. The third kappa shape index (κ3) is 6.93. The highest BCUT2D eigenvalue weighted by Gasteiger charge is 2.23. The third-order valence-corrected chi connectivity index (χ3v) is 6.30. The molecule has 162 valence electrons. The Morgan fingerprint density at radius 1 is 1.10 bits per heavy atom. The number of piperazine rings is 1. The van der Waals surface area contributed by atoms with Gasteiger partial charge in [0.05, 0.1) is 19.6 Å². The van der Waals surface area contributed by atoms with Crippen LogP contribution in [0.4, 0.5) is 0 Å². The van der Waals surface area contributed by atoms with E-state index in [9.17, 15) is 9.59 Å². The number of nitrogens with zero attached hydrogens (tertiary/aromatic N) is 3. The summed E-state index contributed by atoms with van der Waals surface area (Å²) in [4.78, 5) is 32.3. The van der Waals surface area contributed by atoms with Crippen molar-refractivity contribution in [1.29, 1.82) is 0 Å². The van der Waals surface area contributed by atoms with Crippen molar-refractivity contribution in [2.75, 3.05) is 45.8 Å². The summed E-state index contributed by atoms with van der Waals surface area (Å²) < 4.78 is 0. The molecular formula is C23H32N4O2S.